The Hall–Kier alpha value is -3.03. The molecule has 2 atom stereocenters. The summed E-state index contributed by atoms with van der Waals surface area (Å²) in [6.07, 6.45) is 2.13. The maximum absolute atomic E-state index is 12.6. The van der Waals surface area contributed by atoms with E-state index in [0.717, 1.165) is 5.52 Å². The number of benzene rings is 1. The number of nitrogens with two attached hydrogens (primary N) is 1. The van der Waals surface area contributed by atoms with Crippen LogP contribution in [0, 0.1) is 5.92 Å². The van der Waals surface area contributed by atoms with Gasteiger partial charge in [-0.05, 0) is 24.5 Å². The van der Waals surface area contributed by atoms with Gasteiger partial charge in [-0.3, -0.25) is 19.4 Å². The Morgan fingerprint density at radius 3 is 2.33 bits per heavy atom. The lowest BCUT2D eigenvalue weighted by Gasteiger charge is -2.22. The van der Waals surface area contributed by atoms with Gasteiger partial charge in [-0.25, -0.2) is 4.98 Å². The first-order valence-corrected chi connectivity index (χ1v) is 8.83. The molecule has 0 radical (unpaired) electrons. The number of nitrogens with one attached hydrogen (secondary N) is 2. The molecule has 0 saturated carbocycles. The van der Waals surface area contributed by atoms with E-state index in [0.29, 0.717) is 17.6 Å². The van der Waals surface area contributed by atoms with Gasteiger partial charge in [0.25, 0.3) is 0 Å². The van der Waals surface area contributed by atoms with E-state index in [2.05, 4.69) is 20.6 Å². The number of amides is 3. The van der Waals surface area contributed by atoms with Crippen molar-refractivity contribution >= 4 is 28.8 Å². The largest absolute Gasteiger partial charge is 0.368 e. The van der Waals surface area contributed by atoms with Crippen LogP contribution in [0.1, 0.15) is 32.9 Å². The fourth-order valence-electron chi connectivity index (χ4n) is 2.75. The van der Waals surface area contributed by atoms with Crippen LogP contribution in [0.5, 0.6) is 0 Å². The lowest BCUT2D eigenvalue weighted by molar-refractivity contribution is -0.131. The average Bonchev–Trinajstić information content (AvgIpc) is 2.59. The second-order valence-corrected chi connectivity index (χ2v) is 6.90. The highest BCUT2D eigenvalue weighted by Crippen LogP contribution is 2.10. The maximum atomic E-state index is 12.6. The Balaban J connectivity index is 2.14. The van der Waals surface area contributed by atoms with Crippen molar-refractivity contribution in [3.05, 3.63) is 36.2 Å². The Morgan fingerprint density at radius 1 is 1.07 bits per heavy atom. The smallest absolute Gasteiger partial charge is 0.243 e. The van der Waals surface area contributed by atoms with Gasteiger partial charge in [0, 0.05) is 19.5 Å². The molecule has 2 rings (SSSR count). The van der Waals surface area contributed by atoms with Crippen LogP contribution in [0.2, 0.25) is 0 Å². The fourth-order valence-corrected chi connectivity index (χ4v) is 2.75. The van der Waals surface area contributed by atoms with Gasteiger partial charge in [0.05, 0.1) is 16.7 Å². The monoisotopic (exact) mass is 371 g/mol. The van der Waals surface area contributed by atoms with Gasteiger partial charge < -0.3 is 16.4 Å². The molecule has 4 N–H and O–H groups in total. The Morgan fingerprint density at radius 2 is 1.74 bits per heavy atom. The van der Waals surface area contributed by atoms with Crippen LogP contribution in [0.15, 0.2) is 30.5 Å². The number of carbonyl (C=O) groups is 3. The third-order valence-electron chi connectivity index (χ3n) is 3.97. The van der Waals surface area contributed by atoms with Crippen molar-refractivity contribution < 1.29 is 14.4 Å². The summed E-state index contributed by atoms with van der Waals surface area (Å²) < 4.78 is 0. The van der Waals surface area contributed by atoms with Crippen LogP contribution in [-0.4, -0.2) is 39.8 Å². The second-order valence-electron chi connectivity index (χ2n) is 6.90. The van der Waals surface area contributed by atoms with Gasteiger partial charge in [-0.1, -0.05) is 26.0 Å². The first kappa shape index (κ1) is 20.3. The molecule has 2 aromatic rings. The highest BCUT2D eigenvalue weighted by Gasteiger charge is 2.26. The van der Waals surface area contributed by atoms with E-state index in [4.69, 9.17) is 5.73 Å². The standard InChI is InChI=1S/C19H25N5O3/c1-11(2)8-17(22-12(3)25)19(27)24-16(18(20)26)9-13-10-21-14-6-4-5-7-15(14)23-13/h4-7,10-11,16-17H,8-9H2,1-3H3,(H2,20,26)(H,22,25)(H,24,27)/t16-,17+/m1/s1. The average molecular weight is 371 g/mol. The Bertz CT molecular complexity index is 837. The van der Waals surface area contributed by atoms with Crippen molar-refractivity contribution in [1.82, 2.24) is 20.6 Å². The lowest BCUT2D eigenvalue weighted by atomic mass is 10.0. The van der Waals surface area contributed by atoms with Crippen molar-refractivity contribution in [2.75, 3.05) is 0 Å². The van der Waals surface area contributed by atoms with E-state index < -0.39 is 23.9 Å². The predicted molar refractivity (Wildman–Crippen MR) is 101 cm³/mol. The van der Waals surface area contributed by atoms with Crippen LogP contribution >= 0.6 is 0 Å². The maximum Gasteiger partial charge on any atom is 0.243 e. The molecule has 3 amide bonds. The molecule has 8 heteroatoms. The molecule has 0 aliphatic rings. The van der Waals surface area contributed by atoms with E-state index in [-0.39, 0.29) is 18.2 Å². The first-order chi connectivity index (χ1) is 12.8. The number of aromatic nitrogens is 2. The molecule has 0 fully saturated rings. The molecule has 0 saturated heterocycles. The van der Waals surface area contributed by atoms with Gasteiger partial charge in [-0.15, -0.1) is 0 Å². The lowest BCUT2D eigenvalue weighted by Crippen LogP contribution is -2.53. The molecule has 0 spiro atoms. The molecule has 0 bridgehead atoms. The topological polar surface area (TPSA) is 127 Å². The number of fused-ring (bicyclic) bond motifs is 1. The SMILES string of the molecule is CC(=O)N[C@@H](CC(C)C)C(=O)N[C@H](Cc1cnc2ccccc2n1)C(N)=O. The summed E-state index contributed by atoms with van der Waals surface area (Å²) in [5.74, 6) is -1.25. The van der Waals surface area contributed by atoms with Crippen molar-refractivity contribution in [2.24, 2.45) is 11.7 Å². The summed E-state index contributed by atoms with van der Waals surface area (Å²) in [5, 5.41) is 5.24. The number of carbonyl (C=O) groups excluding carboxylic acids is 3. The van der Waals surface area contributed by atoms with Crippen LogP contribution in [0.25, 0.3) is 11.0 Å². The van der Waals surface area contributed by atoms with Gasteiger partial charge in [0.1, 0.15) is 12.1 Å². The first-order valence-electron chi connectivity index (χ1n) is 8.83. The van der Waals surface area contributed by atoms with E-state index in [1.54, 1.807) is 6.20 Å². The van der Waals surface area contributed by atoms with Crippen LogP contribution in [-0.2, 0) is 20.8 Å². The minimum Gasteiger partial charge on any atom is -0.368 e. The summed E-state index contributed by atoms with van der Waals surface area (Å²) in [7, 11) is 0. The number of hydrogen-bond acceptors (Lipinski definition) is 5. The zero-order chi connectivity index (χ0) is 20.0. The molecular weight excluding hydrogens is 346 g/mol. The van der Waals surface area contributed by atoms with Gasteiger partial charge in [0.2, 0.25) is 17.7 Å². The number of hydrogen-bond donors (Lipinski definition) is 3. The van der Waals surface area contributed by atoms with E-state index in [1.165, 1.54) is 6.92 Å². The molecule has 0 aliphatic heterocycles. The van der Waals surface area contributed by atoms with Gasteiger partial charge in [0.15, 0.2) is 0 Å². The zero-order valence-corrected chi connectivity index (χ0v) is 15.7. The molecular formula is C19H25N5O3. The number of rotatable bonds is 8. The minimum absolute atomic E-state index is 0.118. The predicted octanol–water partition coefficient (Wildman–Crippen LogP) is 0.693. The molecule has 27 heavy (non-hydrogen) atoms. The molecule has 0 unspecified atom stereocenters. The molecule has 1 aromatic carbocycles. The van der Waals surface area contributed by atoms with Gasteiger partial charge in [-0.2, -0.15) is 0 Å². The number of para-hydroxylation sites is 2. The van der Waals surface area contributed by atoms with Crippen LogP contribution in [0.4, 0.5) is 0 Å². The summed E-state index contributed by atoms with van der Waals surface area (Å²) in [6.45, 7) is 5.23. The minimum atomic E-state index is -0.948. The van der Waals surface area contributed by atoms with Gasteiger partial charge >= 0.3 is 0 Å². The van der Waals surface area contributed by atoms with Crippen molar-refractivity contribution in [3.8, 4) is 0 Å². The summed E-state index contributed by atoms with van der Waals surface area (Å²) in [4.78, 5) is 44.5. The Labute approximate surface area is 157 Å². The van der Waals surface area contributed by atoms with E-state index >= 15 is 0 Å². The van der Waals surface area contributed by atoms with E-state index in [9.17, 15) is 14.4 Å². The fraction of sp³-hybridized carbons (Fsp3) is 0.421. The van der Waals surface area contributed by atoms with Crippen LogP contribution in [0.3, 0.4) is 0 Å². The van der Waals surface area contributed by atoms with E-state index in [1.807, 2.05) is 38.1 Å². The summed E-state index contributed by atoms with van der Waals surface area (Å²) >= 11 is 0. The summed E-state index contributed by atoms with van der Waals surface area (Å²) in [6, 6.07) is 5.68. The second kappa shape index (κ2) is 9.07. The number of primary amides is 1. The van der Waals surface area contributed by atoms with Crippen molar-refractivity contribution in [1.29, 1.82) is 0 Å². The highest BCUT2D eigenvalue weighted by molar-refractivity contribution is 5.91. The van der Waals surface area contributed by atoms with Crippen LogP contribution < -0.4 is 16.4 Å². The molecule has 0 aliphatic carbocycles. The van der Waals surface area contributed by atoms with Crippen molar-refractivity contribution in [2.45, 2.75) is 45.7 Å². The third-order valence-corrected chi connectivity index (χ3v) is 3.97. The Kier molecular flexibility index (Phi) is 6.81. The quantitative estimate of drug-likeness (QED) is 0.629. The number of nitrogens with zero attached hydrogens (tertiary/aromatic N) is 2. The molecule has 1 heterocycles. The third kappa shape index (κ3) is 6.02. The van der Waals surface area contributed by atoms with Crippen molar-refractivity contribution in [3.63, 3.8) is 0 Å². The zero-order valence-electron chi connectivity index (χ0n) is 15.7. The molecule has 1 aromatic heterocycles. The molecule has 8 nitrogen and oxygen atoms in total. The summed E-state index contributed by atoms with van der Waals surface area (Å²) in [5.41, 5.74) is 7.43. The normalized spacial score (nSPS) is 13.2. The molecule has 144 valence electrons. The highest BCUT2D eigenvalue weighted by atomic mass is 16.2.